The predicted molar refractivity (Wildman–Crippen MR) is 104 cm³/mol. The maximum absolute atomic E-state index is 13.8. The molecule has 0 aliphatic carbocycles. The van der Waals surface area contributed by atoms with Crippen molar-refractivity contribution >= 4 is 11.8 Å². The summed E-state index contributed by atoms with van der Waals surface area (Å²) >= 11 is 0. The number of halogens is 1. The van der Waals surface area contributed by atoms with E-state index in [0.717, 1.165) is 18.4 Å². The average Bonchev–Trinajstić information content (AvgIpc) is 2.89. The molecule has 0 spiro atoms. The zero-order chi connectivity index (χ0) is 20.1. The van der Waals surface area contributed by atoms with Gasteiger partial charge in [-0.1, -0.05) is 12.1 Å². The van der Waals surface area contributed by atoms with Crippen molar-refractivity contribution in [3.8, 4) is 0 Å². The van der Waals surface area contributed by atoms with Gasteiger partial charge in [0.05, 0.1) is 5.92 Å². The number of amides is 2. The van der Waals surface area contributed by atoms with Crippen LogP contribution in [0.1, 0.15) is 38.2 Å². The maximum atomic E-state index is 13.8. The minimum absolute atomic E-state index is 0.0594. The number of carbonyl (C=O) groups is 2. The molecule has 7 heteroatoms. The van der Waals surface area contributed by atoms with E-state index in [1.54, 1.807) is 17.0 Å². The fourth-order valence-electron chi connectivity index (χ4n) is 4.24. The molecule has 3 N–H and O–H groups in total. The van der Waals surface area contributed by atoms with E-state index in [4.69, 9.17) is 10.5 Å². The van der Waals surface area contributed by atoms with E-state index in [1.807, 2.05) is 6.07 Å². The number of hydrogen-bond donors (Lipinski definition) is 2. The van der Waals surface area contributed by atoms with Gasteiger partial charge < -0.3 is 20.7 Å². The lowest BCUT2D eigenvalue weighted by molar-refractivity contribution is -0.131. The standard InChI is InChI=1S/C21H30FN3O3/c1-15(26)25-12-16(5-6-19(23)13-25)20(27)24-14-21(7-9-28-10-8-21)17-3-2-4-18(22)11-17/h2-4,11,16,19H,5-10,12-14,23H2,1H3,(H,24,27)/t16-,19+/m1/s1. The smallest absolute Gasteiger partial charge is 0.224 e. The third-order valence-corrected chi connectivity index (χ3v) is 6.09. The molecule has 2 atom stereocenters. The van der Waals surface area contributed by atoms with Crippen LogP contribution in [0.2, 0.25) is 0 Å². The van der Waals surface area contributed by atoms with Gasteiger partial charge in [-0.15, -0.1) is 0 Å². The Morgan fingerprint density at radius 3 is 2.71 bits per heavy atom. The van der Waals surface area contributed by atoms with E-state index in [0.29, 0.717) is 45.7 Å². The summed E-state index contributed by atoms with van der Waals surface area (Å²) in [5, 5.41) is 3.09. The summed E-state index contributed by atoms with van der Waals surface area (Å²) in [7, 11) is 0. The van der Waals surface area contributed by atoms with E-state index < -0.39 is 0 Å². The molecule has 2 fully saturated rings. The monoisotopic (exact) mass is 391 g/mol. The lowest BCUT2D eigenvalue weighted by atomic mass is 9.74. The fraction of sp³-hybridized carbons (Fsp3) is 0.619. The molecule has 6 nitrogen and oxygen atoms in total. The Labute approximate surface area is 165 Å². The van der Waals surface area contributed by atoms with Crippen LogP contribution in [0.4, 0.5) is 4.39 Å². The summed E-state index contributed by atoms with van der Waals surface area (Å²) in [6, 6.07) is 6.51. The molecule has 0 saturated carbocycles. The van der Waals surface area contributed by atoms with Crippen LogP contribution in [0.3, 0.4) is 0 Å². The molecule has 0 radical (unpaired) electrons. The second-order valence-electron chi connectivity index (χ2n) is 8.08. The Hall–Kier alpha value is -1.99. The first-order valence-corrected chi connectivity index (χ1v) is 10.0. The maximum Gasteiger partial charge on any atom is 0.224 e. The molecule has 3 rings (SSSR count). The van der Waals surface area contributed by atoms with Gasteiger partial charge >= 0.3 is 0 Å². The van der Waals surface area contributed by atoms with Gasteiger partial charge in [-0.3, -0.25) is 9.59 Å². The van der Waals surface area contributed by atoms with Gasteiger partial charge in [0.15, 0.2) is 0 Å². The van der Waals surface area contributed by atoms with E-state index in [-0.39, 0.29) is 35.0 Å². The number of likely N-dealkylation sites (tertiary alicyclic amines) is 1. The zero-order valence-electron chi connectivity index (χ0n) is 16.5. The summed E-state index contributed by atoms with van der Waals surface area (Å²) in [6.45, 7) is 4.00. The molecular weight excluding hydrogens is 361 g/mol. The third kappa shape index (κ3) is 4.89. The van der Waals surface area contributed by atoms with Gasteiger partial charge in [-0.05, 0) is 43.4 Å². The van der Waals surface area contributed by atoms with Crippen LogP contribution in [0.5, 0.6) is 0 Å². The van der Waals surface area contributed by atoms with Crippen molar-refractivity contribution < 1.29 is 18.7 Å². The first kappa shape index (κ1) is 20.7. The van der Waals surface area contributed by atoms with Gasteiger partial charge in [0.2, 0.25) is 11.8 Å². The Balaban J connectivity index is 1.70. The third-order valence-electron chi connectivity index (χ3n) is 6.09. The molecule has 154 valence electrons. The van der Waals surface area contributed by atoms with Crippen molar-refractivity contribution in [2.75, 3.05) is 32.8 Å². The second-order valence-corrected chi connectivity index (χ2v) is 8.08. The van der Waals surface area contributed by atoms with Crippen LogP contribution >= 0.6 is 0 Å². The summed E-state index contributed by atoms with van der Waals surface area (Å²) < 4.78 is 19.3. The summed E-state index contributed by atoms with van der Waals surface area (Å²) in [6.07, 6.45) is 2.83. The van der Waals surface area contributed by atoms with E-state index >= 15 is 0 Å². The van der Waals surface area contributed by atoms with Crippen LogP contribution in [0.15, 0.2) is 24.3 Å². The molecule has 28 heavy (non-hydrogen) atoms. The molecular formula is C21H30FN3O3. The molecule has 2 heterocycles. The Morgan fingerprint density at radius 2 is 2.04 bits per heavy atom. The number of hydrogen-bond acceptors (Lipinski definition) is 4. The summed E-state index contributed by atoms with van der Waals surface area (Å²) in [4.78, 5) is 26.4. The highest BCUT2D eigenvalue weighted by Crippen LogP contribution is 2.34. The number of nitrogens with two attached hydrogens (primary N) is 1. The number of nitrogens with one attached hydrogen (secondary N) is 1. The van der Waals surface area contributed by atoms with Gasteiger partial charge in [0.1, 0.15) is 5.82 Å². The number of benzene rings is 1. The van der Waals surface area contributed by atoms with Crippen LogP contribution in [0, 0.1) is 11.7 Å². The highest BCUT2D eigenvalue weighted by atomic mass is 19.1. The van der Waals surface area contributed by atoms with E-state index in [1.165, 1.54) is 13.0 Å². The van der Waals surface area contributed by atoms with Gasteiger partial charge in [0.25, 0.3) is 0 Å². The van der Waals surface area contributed by atoms with Crippen LogP contribution < -0.4 is 11.1 Å². The van der Waals surface area contributed by atoms with E-state index in [2.05, 4.69) is 5.32 Å². The summed E-state index contributed by atoms with van der Waals surface area (Å²) in [5.41, 5.74) is 6.61. The first-order valence-electron chi connectivity index (χ1n) is 10.0. The van der Waals surface area contributed by atoms with Crippen molar-refractivity contribution in [1.29, 1.82) is 0 Å². The molecule has 2 amide bonds. The molecule has 1 aromatic rings. The van der Waals surface area contributed by atoms with Crippen LogP contribution in [-0.2, 0) is 19.7 Å². The lowest BCUT2D eigenvalue weighted by Gasteiger charge is -2.38. The van der Waals surface area contributed by atoms with Crippen LogP contribution in [-0.4, -0.2) is 55.6 Å². The second kappa shape index (κ2) is 9.01. The minimum atomic E-state index is -0.336. The average molecular weight is 391 g/mol. The molecule has 1 aromatic carbocycles. The van der Waals surface area contributed by atoms with Gasteiger partial charge in [0, 0.05) is 51.2 Å². The van der Waals surface area contributed by atoms with Crippen molar-refractivity contribution in [2.24, 2.45) is 11.7 Å². The molecule has 0 unspecified atom stereocenters. The number of nitrogens with zero attached hydrogens (tertiary/aromatic N) is 1. The first-order chi connectivity index (χ1) is 13.4. The topological polar surface area (TPSA) is 84.7 Å². The highest BCUT2D eigenvalue weighted by Gasteiger charge is 2.36. The van der Waals surface area contributed by atoms with Crippen molar-refractivity contribution in [1.82, 2.24) is 10.2 Å². The highest BCUT2D eigenvalue weighted by molar-refractivity contribution is 5.80. The molecule has 2 aliphatic heterocycles. The largest absolute Gasteiger partial charge is 0.381 e. The quantitative estimate of drug-likeness (QED) is 0.816. The number of rotatable bonds is 4. The van der Waals surface area contributed by atoms with Crippen molar-refractivity contribution in [2.45, 2.75) is 44.1 Å². The van der Waals surface area contributed by atoms with Crippen LogP contribution in [0.25, 0.3) is 0 Å². The lowest BCUT2D eigenvalue weighted by Crippen LogP contribution is -2.47. The Bertz CT molecular complexity index is 706. The number of ether oxygens (including phenoxy) is 1. The Kier molecular flexibility index (Phi) is 6.67. The van der Waals surface area contributed by atoms with Gasteiger partial charge in [-0.2, -0.15) is 0 Å². The SMILES string of the molecule is CC(=O)N1C[C@@H](N)CC[C@@H](C(=O)NCC2(c3cccc(F)c3)CCOCC2)C1. The molecule has 0 aromatic heterocycles. The predicted octanol–water partition coefficient (Wildman–Crippen LogP) is 1.58. The Morgan fingerprint density at radius 1 is 1.29 bits per heavy atom. The minimum Gasteiger partial charge on any atom is -0.381 e. The van der Waals surface area contributed by atoms with Gasteiger partial charge in [-0.25, -0.2) is 4.39 Å². The molecule has 2 saturated heterocycles. The fourth-order valence-corrected chi connectivity index (χ4v) is 4.24. The number of carbonyl (C=O) groups excluding carboxylic acids is 2. The zero-order valence-corrected chi connectivity index (χ0v) is 16.5. The van der Waals surface area contributed by atoms with Crippen molar-refractivity contribution in [3.63, 3.8) is 0 Å². The summed E-state index contributed by atoms with van der Waals surface area (Å²) in [5.74, 6) is -0.676. The molecule has 0 bridgehead atoms. The normalized spacial score (nSPS) is 25.0. The van der Waals surface area contributed by atoms with Crippen molar-refractivity contribution in [3.05, 3.63) is 35.6 Å². The molecule has 2 aliphatic rings. The van der Waals surface area contributed by atoms with E-state index in [9.17, 15) is 14.0 Å².